The molecule has 0 saturated heterocycles. The summed E-state index contributed by atoms with van der Waals surface area (Å²) in [7, 11) is 0. The van der Waals surface area contributed by atoms with Gasteiger partial charge in [-0.3, -0.25) is 4.79 Å². The van der Waals surface area contributed by atoms with Crippen LogP contribution in [0.5, 0.6) is 0 Å². The first-order valence-corrected chi connectivity index (χ1v) is 3.32. The Hall–Kier alpha value is -0.770. The minimum atomic E-state index is -0.0281. The summed E-state index contributed by atoms with van der Waals surface area (Å²) in [5.74, 6) is 2.72. The van der Waals surface area contributed by atoms with Gasteiger partial charge in [-0.2, -0.15) is 0 Å². The quantitative estimate of drug-likeness (QED) is 0.399. The Morgan fingerprint density at radius 3 is 2.67 bits per heavy atom. The molecule has 0 unspecified atom stereocenters. The molecule has 9 heavy (non-hydrogen) atoms. The van der Waals surface area contributed by atoms with Gasteiger partial charge in [0, 0.05) is 6.42 Å². The predicted molar refractivity (Wildman–Crippen MR) is 35.8 cm³/mol. The lowest BCUT2D eigenvalue weighted by atomic mass is 9.82. The van der Waals surface area contributed by atoms with Crippen LogP contribution in [-0.4, -0.2) is 5.78 Å². The van der Waals surface area contributed by atoms with Crippen molar-refractivity contribution in [2.75, 3.05) is 0 Å². The SMILES string of the molecule is C#CC(=O)CC1CCC1. The average molecular weight is 122 g/mol. The van der Waals surface area contributed by atoms with E-state index in [9.17, 15) is 4.79 Å². The maximum absolute atomic E-state index is 10.6. The van der Waals surface area contributed by atoms with E-state index in [1.807, 2.05) is 0 Å². The Balaban J connectivity index is 2.18. The summed E-state index contributed by atoms with van der Waals surface area (Å²) in [6, 6.07) is 0. The highest BCUT2D eigenvalue weighted by molar-refractivity contribution is 5.94. The van der Waals surface area contributed by atoms with E-state index in [-0.39, 0.29) is 5.78 Å². The molecule has 0 aromatic rings. The third-order valence-electron chi connectivity index (χ3n) is 1.86. The van der Waals surface area contributed by atoms with E-state index in [0.717, 1.165) is 0 Å². The van der Waals surface area contributed by atoms with Crippen molar-refractivity contribution in [3.63, 3.8) is 0 Å². The fourth-order valence-corrected chi connectivity index (χ4v) is 1.02. The van der Waals surface area contributed by atoms with Gasteiger partial charge in [0.1, 0.15) is 0 Å². The van der Waals surface area contributed by atoms with Crippen LogP contribution in [0.25, 0.3) is 0 Å². The van der Waals surface area contributed by atoms with Gasteiger partial charge in [-0.15, -0.1) is 6.42 Å². The highest BCUT2D eigenvalue weighted by Crippen LogP contribution is 2.29. The van der Waals surface area contributed by atoms with Crippen LogP contribution in [0, 0.1) is 18.3 Å². The van der Waals surface area contributed by atoms with Crippen molar-refractivity contribution in [2.24, 2.45) is 5.92 Å². The van der Waals surface area contributed by atoms with Crippen molar-refractivity contribution in [3.8, 4) is 12.3 Å². The second kappa shape index (κ2) is 2.68. The van der Waals surface area contributed by atoms with E-state index in [4.69, 9.17) is 6.42 Å². The van der Waals surface area contributed by atoms with Gasteiger partial charge >= 0.3 is 0 Å². The number of hydrogen-bond donors (Lipinski definition) is 0. The molecule has 0 radical (unpaired) electrons. The lowest BCUT2D eigenvalue weighted by Crippen LogP contribution is -2.14. The highest BCUT2D eigenvalue weighted by Gasteiger charge is 2.19. The molecule has 1 rings (SSSR count). The molecule has 1 aliphatic rings. The summed E-state index contributed by atoms with van der Waals surface area (Å²) in [5.41, 5.74) is 0. The summed E-state index contributed by atoms with van der Waals surface area (Å²) >= 11 is 0. The van der Waals surface area contributed by atoms with Gasteiger partial charge < -0.3 is 0 Å². The van der Waals surface area contributed by atoms with Crippen LogP contribution >= 0.6 is 0 Å². The topological polar surface area (TPSA) is 17.1 Å². The minimum absolute atomic E-state index is 0.0281. The molecule has 1 nitrogen and oxygen atoms in total. The monoisotopic (exact) mass is 122 g/mol. The van der Waals surface area contributed by atoms with Crippen molar-refractivity contribution in [3.05, 3.63) is 0 Å². The number of Topliss-reactive ketones (excluding diaryl/α,β-unsaturated/α-hetero) is 1. The van der Waals surface area contributed by atoms with Crippen LogP contribution in [0.1, 0.15) is 25.7 Å². The smallest absolute Gasteiger partial charge is 0.205 e. The number of rotatable bonds is 2. The standard InChI is InChI=1S/C8H10O/c1-2-8(9)6-7-4-3-5-7/h1,7H,3-6H2. The molecule has 1 aliphatic carbocycles. The molecular formula is C8H10O. The molecule has 0 N–H and O–H groups in total. The lowest BCUT2D eigenvalue weighted by molar-refractivity contribution is -0.115. The van der Waals surface area contributed by atoms with E-state index < -0.39 is 0 Å². The first-order valence-electron chi connectivity index (χ1n) is 3.32. The molecule has 48 valence electrons. The highest BCUT2D eigenvalue weighted by atomic mass is 16.1. The summed E-state index contributed by atoms with van der Waals surface area (Å²) < 4.78 is 0. The van der Waals surface area contributed by atoms with Crippen LogP contribution in [0.2, 0.25) is 0 Å². The first-order chi connectivity index (χ1) is 4.33. The number of carbonyl (C=O) groups is 1. The Morgan fingerprint density at radius 2 is 2.33 bits per heavy atom. The zero-order valence-corrected chi connectivity index (χ0v) is 5.39. The zero-order valence-electron chi connectivity index (χ0n) is 5.39. The maximum atomic E-state index is 10.6. The van der Waals surface area contributed by atoms with Gasteiger partial charge in [0.2, 0.25) is 5.78 Å². The largest absolute Gasteiger partial charge is 0.285 e. The minimum Gasteiger partial charge on any atom is -0.285 e. The van der Waals surface area contributed by atoms with Gasteiger partial charge in [-0.25, -0.2) is 0 Å². The molecule has 0 aromatic heterocycles. The molecule has 1 saturated carbocycles. The number of terminal acetylenes is 1. The van der Waals surface area contributed by atoms with Gasteiger partial charge in [0.25, 0.3) is 0 Å². The molecule has 0 heterocycles. The van der Waals surface area contributed by atoms with Gasteiger partial charge in [-0.1, -0.05) is 6.42 Å². The van der Waals surface area contributed by atoms with Crippen molar-refractivity contribution >= 4 is 5.78 Å². The Labute approximate surface area is 55.4 Å². The van der Waals surface area contributed by atoms with Crippen molar-refractivity contribution in [1.82, 2.24) is 0 Å². The van der Waals surface area contributed by atoms with E-state index in [2.05, 4.69) is 5.92 Å². The van der Waals surface area contributed by atoms with Crippen molar-refractivity contribution in [2.45, 2.75) is 25.7 Å². The van der Waals surface area contributed by atoms with E-state index >= 15 is 0 Å². The summed E-state index contributed by atoms with van der Waals surface area (Å²) in [5, 5.41) is 0. The maximum Gasteiger partial charge on any atom is 0.205 e. The first kappa shape index (κ1) is 6.35. The summed E-state index contributed by atoms with van der Waals surface area (Å²) in [6.45, 7) is 0. The predicted octanol–water partition coefficient (Wildman–Crippen LogP) is 1.38. The Morgan fingerprint density at radius 1 is 1.67 bits per heavy atom. The van der Waals surface area contributed by atoms with Gasteiger partial charge in [0.15, 0.2) is 0 Å². The van der Waals surface area contributed by atoms with E-state index in [1.165, 1.54) is 19.3 Å². The third-order valence-corrected chi connectivity index (χ3v) is 1.86. The van der Waals surface area contributed by atoms with Crippen molar-refractivity contribution in [1.29, 1.82) is 0 Å². The zero-order chi connectivity index (χ0) is 6.69. The molecule has 0 bridgehead atoms. The number of hydrogen-bond acceptors (Lipinski definition) is 1. The fourth-order valence-electron chi connectivity index (χ4n) is 1.02. The van der Waals surface area contributed by atoms with E-state index in [1.54, 1.807) is 0 Å². The van der Waals surface area contributed by atoms with Gasteiger partial charge in [-0.05, 0) is 24.7 Å². The molecule has 0 aliphatic heterocycles. The summed E-state index contributed by atoms with van der Waals surface area (Å²) in [6.07, 6.45) is 9.20. The fraction of sp³-hybridized carbons (Fsp3) is 0.625. The van der Waals surface area contributed by atoms with Crippen LogP contribution in [0.15, 0.2) is 0 Å². The van der Waals surface area contributed by atoms with Gasteiger partial charge in [0.05, 0.1) is 0 Å². The number of carbonyl (C=O) groups excluding carboxylic acids is 1. The molecule has 1 heteroatoms. The van der Waals surface area contributed by atoms with Crippen LogP contribution in [0.3, 0.4) is 0 Å². The molecular weight excluding hydrogens is 112 g/mol. The third kappa shape index (κ3) is 1.57. The van der Waals surface area contributed by atoms with Crippen molar-refractivity contribution < 1.29 is 4.79 Å². The summed E-state index contributed by atoms with van der Waals surface area (Å²) in [4.78, 5) is 10.6. The average Bonchev–Trinajstić information content (AvgIpc) is 1.78. The van der Waals surface area contributed by atoms with Crippen LogP contribution in [0.4, 0.5) is 0 Å². The molecule has 0 spiro atoms. The molecule has 1 fully saturated rings. The lowest BCUT2D eigenvalue weighted by Gasteiger charge is -2.23. The Kier molecular flexibility index (Phi) is 1.89. The van der Waals surface area contributed by atoms with E-state index in [0.29, 0.717) is 12.3 Å². The molecule has 0 aromatic carbocycles. The molecule has 0 amide bonds. The van der Waals surface area contributed by atoms with Crippen LogP contribution in [-0.2, 0) is 4.79 Å². The van der Waals surface area contributed by atoms with Crippen LogP contribution < -0.4 is 0 Å². The second-order valence-corrected chi connectivity index (χ2v) is 2.57. The number of ketones is 1. The Bertz CT molecular complexity index is 148. The normalized spacial score (nSPS) is 18.1. The molecule has 0 atom stereocenters. The second-order valence-electron chi connectivity index (χ2n) is 2.57.